The van der Waals surface area contributed by atoms with Crippen molar-refractivity contribution in [2.45, 2.75) is 12.5 Å². The van der Waals surface area contributed by atoms with Gasteiger partial charge in [0.2, 0.25) is 0 Å². The number of methoxy groups -OCH3 is 2. The number of benzene rings is 2. The van der Waals surface area contributed by atoms with Gasteiger partial charge in [0.05, 0.1) is 26.0 Å². The van der Waals surface area contributed by atoms with E-state index in [1.165, 1.54) is 0 Å². The van der Waals surface area contributed by atoms with Crippen LogP contribution in [-0.4, -0.2) is 30.1 Å². The molecule has 3 rings (SSSR count). The molecule has 0 radical (unpaired) electrons. The maximum Gasteiger partial charge on any atom is 0.187 e. The van der Waals surface area contributed by atoms with Gasteiger partial charge in [-0.3, -0.25) is 0 Å². The van der Waals surface area contributed by atoms with Crippen molar-refractivity contribution in [3.8, 4) is 11.5 Å². The van der Waals surface area contributed by atoms with Gasteiger partial charge in [-0.05, 0) is 59.7 Å². The Morgan fingerprint density at radius 2 is 1.58 bits per heavy atom. The summed E-state index contributed by atoms with van der Waals surface area (Å²) in [5, 5.41) is 6.59. The van der Waals surface area contributed by atoms with Crippen LogP contribution in [0.2, 0.25) is 0 Å². The second-order valence-electron chi connectivity index (χ2n) is 5.45. The smallest absolute Gasteiger partial charge is 0.187 e. The molecular weight excluding hydrogens is 322 g/mol. The van der Waals surface area contributed by atoms with Crippen LogP contribution in [0.3, 0.4) is 0 Å². The zero-order chi connectivity index (χ0) is 17.1. The lowest BCUT2D eigenvalue weighted by Crippen LogP contribution is -2.31. The molecule has 0 aliphatic carbocycles. The molecule has 124 valence electrons. The minimum atomic E-state index is -0.00879. The summed E-state index contributed by atoms with van der Waals surface area (Å²) in [6.45, 7) is 0. The van der Waals surface area contributed by atoms with Gasteiger partial charge in [0, 0.05) is 6.42 Å². The van der Waals surface area contributed by atoms with E-state index in [0.717, 1.165) is 34.8 Å². The second-order valence-corrected chi connectivity index (χ2v) is 5.87. The number of hydrogen-bond acceptors (Lipinski definition) is 4. The van der Waals surface area contributed by atoms with Crippen LogP contribution >= 0.6 is 12.2 Å². The molecule has 2 aromatic carbocycles. The van der Waals surface area contributed by atoms with Crippen molar-refractivity contribution in [3.63, 3.8) is 0 Å². The van der Waals surface area contributed by atoms with Gasteiger partial charge in [-0.1, -0.05) is 12.1 Å². The number of hydrogen-bond donors (Lipinski definition) is 1. The lowest BCUT2D eigenvalue weighted by molar-refractivity contribution is 0.371. The molecule has 5 nitrogen and oxygen atoms in total. The van der Waals surface area contributed by atoms with Crippen molar-refractivity contribution < 1.29 is 9.47 Å². The maximum atomic E-state index is 5.87. The van der Waals surface area contributed by atoms with E-state index in [9.17, 15) is 0 Å². The first-order valence-electron chi connectivity index (χ1n) is 7.57. The Kier molecular flexibility index (Phi) is 4.66. The lowest BCUT2D eigenvalue weighted by atomic mass is 9.98. The first kappa shape index (κ1) is 16.3. The van der Waals surface area contributed by atoms with E-state index in [2.05, 4.69) is 5.10 Å². The van der Waals surface area contributed by atoms with E-state index in [1.54, 1.807) is 19.2 Å². The SMILES string of the molecule is COc1ccc(C2=NN(C(N)=S)C(c3ccc(OC)cc3)C2)cc1. The first-order valence-corrected chi connectivity index (χ1v) is 7.97. The molecule has 2 aromatic rings. The molecule has 0 saturated carbocycles. The van der Waals surface area contributed by atoms with Gasteiger partial charge in [-0.15, -0.1) is 0 Å². The summed E-state index contributed by atoms with van der Waals surface area (Å²) in [6, 6.07) is 15.7. The number of hydrazone groups is 1. The average molecular weight is 341 g/mol. The molecule has 1 atom stereocenters. The largest absolute Gasteiger partial charge is 0.497 e. The van der Waals surface area contributed by atoms with E-state index in [4.69, 9.17) is 27.4 Å². The van der Waals surface area contributed by atoms with Crippen molar-refractivity contribution in [2.75, 3.05) is 14.2 Å². The number of nitrogens with zero attached hydrogens (tertiary/aromatic N) is 2. The van der Waals surface area contributed by atoms with Crippen LogP contribution < -0.4 is 15.2 Å². The van der Waals surface area contributed by atoms with Gasteiger partial charge in [-0.2, -0.15) is 5.10 Å². The summed E-state index contributed by atoms with van der Waals surface area (Å²) >= 11 is 5.18. The summed E-state index contributed by atoms with van der Waals surface area (Å²) in [5.41, 5.74) is 8.95. The van der Waals surface area contributed by atoms with Crippen molar-refractivity contribution in [2.24, 2.45) is 10.8 Å². The number of thiocarbonyl (C=S) groups is 1. The summed E-state index contributed by atoms with van der Waals surface area (Å²) in [5.74, 6) is 1.63. The van der Waals surface area contributed by atoms with Crippen molar-refractivity contribution in [1.82, 2.24) is 5.01 Å². The van der Waals surface area contributed by atoms with Gasteiger partial charge in [-0.25, -0.2) is 5.01 Å². The van der Waals surface area contributed by atoms with Gasteiger partial charge in [0.1, 0.15) is 11.5 Å². The van der Waals surface area contributed by atoms with Gasteiger partial charge in [0.15, 0.2) is 5.11 Å². The normalized spacial score (nSPS) is 16.7. The monoisotopic (exact) mass is 341 g/mol. The Bertz CT molecular complexity index is 757. The zero-order valence-corrected chi connectivity index (χ0v) is 14.4. The highest BCUT2D eigenvalue weighted by atomic mass is 32.1. The van der Waals surface area contributed by atoms with Crippen LogP contribution in [0.25, 0.3) is 0 Å². The van der Waals surface area contributed by atoms with E-state index >= 15 is 0 Å². The van der Waals surface area contributed by atoms with Gasteiger partial charge >= 0.3 is 0 Å². The Morgan fingerprint density at radius 3 is 2.08 bits per heavy atom. The predicted molar refractivity (Wildman–Crippen MR) is 98.5 cm³/mol. The molecule has 0 amide bonds. The van der Waals surface area contributed by atoms with Crippen molar-refractivity contribution >= 4 is 23.0 Å². The molecule has 1 aliphatic heterocycles. The van der Waals surface area contributed by atoms with Crippen LogP contribution in [-0.2, 0) is 0 Å². The van der Waals surface area contributed by atoms with Gasteiger partial charge < -0.3 is 15.2 Å². The third-order valence-electron chi connectivity index (χ3n) is 4.06. The highest BCUT2D eigenvalue weighted by Crippen LogP contribution is 2.33. The summed E-state index contributed by atoms with van der Waals surface area (Å²) in [6.07, 6.45) is 0.732. The second kappa shape index (κ2) is 6.88. The van der Waals surface area contributed by atoms with E-state index < -0.39 is 0 Å². The molecule has 0 saturated heterocycles. The Balaban J connectivity index is 1.88. The summed E-state index contributed by atoms with van der Waals surface area (Å²) in [7, 11) is 3.30. The number of ether oxygens (including phenoxy) is 2. The number of nitrogens with two attached hydrogens (primary N) is 1. The average Bonchev–Trinajstić information content (AvgIpc) is 3.07. The molecule has 1 aliphatic rings. The Morgan fingerprint density at radius 1 is 1.04 bits per heavy atom. The summed E-state index contributed by atoms with van der Waals surface area (Å²) in [4.78, 5) is 0. The minimum absolute atomic E-state index is 0.00879. The van der Waals surface area contributed by atoms with Crippen LogP contribution in [0, 0.1) is 0 Å². The van der Waals surface area contributed by atoms with E-state index in [1.807, 2.05) is 48.5 Å². The highest BCUT2D eigenvalue weighted by molar-refractivity contribution is 7.80. The highest BCUT2D eigenvalue weighted by Gasteiger charge is 2.30. The summed E-state index contributed by atoms with van der Waals surface area (Å²) < 4.78 is 10.4. The first-order chi connectivity index (χ1) is 11.6. The van der Waals surface area contributed by atoms with Crippen LogP contribution in [0.1, 0.15) is 23.6 Å². The predicted octanol–water partition coefficient (Wildman–Crippen LogP) is 3.10. The fourth-order valence-electron chi connectivity index (χ4n) is 2.76. The molecule has 0 aromatic heterocycles. The lowest BCUT2D eigenvalue weighted by Gasteiger charge is -2.22. The van der Waals surface area contributed by atoms with E-state index in [-0.39, 0.29) is 11.2 Å². The molecule has 0 bridgehead atoms. The van der Waals surface area contributed by atoms with Crippen LogP contribution in [0.15, 0.2) is 53.6 Å². The zero-order valence-electron chi connectivity index (χ0n) is 13.6. The fraction of sp³-hybridized carbons (Fsp3) is 0.222. The molecule has 24 heavy (non-hydrogen) atoms. The van der Waals surface area contributed by atoms with Gasteiger partial charge in [0.25, 0.3) is 0 Å². The molecule has 0 spiro atoms. The number of rotatable bonds is 4. The molecule has 1 heterocycles. The third kappa shape index (κ3) is 3.19. The van der Waals surface area contributed by atoms with E-state index in [0.29, 0.717) is 0 Å². The van der Waals surface area contributed by atoms with Crippen molar-refractivity contribution in [1.29, 1.82) is 0 Å². The molecule has 1 unspecified atom stereocenters. The quantitative estimate of drug-likeness (QED) is 0.866. The molecule has 6 heteroatoms. The van der Waals surface area contributed by atoms with Crippen molar-refractivity contribution in [3.05, 3.63) is 59.7 Å². The standard InChI is InChI=1S/C18H19N3O2S/c1-22-14-7-3-12(4-8-14)16-11-17(21(20-16)18(19)24)13-5-9-15(23-2)10-6-13/h3-10,17H,11H2,1-2H3,(H2,19,24). The molecule has 0 fully saturated rings. The fourth-order valence-corrected chi connectivity index (χ4v) is 2.93. The van der Waals surface area contributed by atoms with Crippen LogP contribution in [0.5, 0.6) is 11.5 Å². The maximum absolute atomic E-state index is 5.87. The Hall–Kier alpha value is -2.60. The topological polar surface area (TPSA) is 60.1 Å². The minimum Gasteiger partial charge on any atom is -0.497 e. The Labute approximate surface area is 146 Å². The van der Waals surface area contributed by atoms with Crippen LogP contribution in [0.4, 0.5) is 0 Å². The molecular formula is C18H19N3O2S. The third-order valence-corrected chi connectivity index (χ3v) is 4.25. The molecule has 2 N–H and O–H groups in total.